The van der Waals surface area contributed by atoms with Crippen LogP contribution in [0.4, 0.5) is 5.69 Å². The third kappa shape index (κ3) is 3.34. The van der Waals surface area contributed by atoms with Crippen molar-refractivity contribution in [2.24, 2.45) is 0 Å². The monoisotopic (exact) mass is 348 g/mol. The molecular weight excluding hydrogens is 328 g/mol. The minimum absolute atomic E-state index is 0.0652. The van der Waals surface area contributed by atoms with Gasteiger partial charge in [-0.25, -0.2) is 13.4 Å². The Morgan fingerprint density at radius 3 is 2.42 bits per heavy atom. The number of aromatic amines is 1. The molecule has 0 amide bonds. The molecule has 1 aliphatic heterocycles. The van der Waals surface area contributed by atoms with Crippen LogP contribution in [0, 0.1) is 6.92 Å². The number of nitrogens with zero attached hydrogens (tertiary/aromatic N) is 2. The van der Waals surface area contributed by atoms with Crippen molar-refractivity contribution >= 4 is 15.7 Å². The second-order valence-corrected chi connectivity index (χ2v) is 7.96. The summed E-state index contributed by atoms with van der Waals surface area (Å²) in [7, 11) is -3.52. The number of H-pyrrole nitrogens is 1. The van der Waals surface area contributed by atoms with Gasteiger partial charge < -0.3 is 10.7 Å². The Bertz CT molecular complexity index is 882. The first-order chi connectivity index (χ1) is 11.4. The molecule has 3 rings (SSSR count). The molecule has 7 nitrogen and oxygen atoms in total. The Morgan fingerprint density at radius 2 is 1.83 bits per heavy atom. The number of aromatic nitrogens is 2. The van der Waals surface area contributed by atoms with Crippen molar-refractivity contribution in [3.8, 4) is 0 Å². The minimum atomic E-state index is -3.52. The van der Waals surface area contributed by atoms with E-state index in [2.05, 4.69) is 9.97 Å². The van der Waals surface area contributed by atoms with E-state index in [-0.39, 0.29) is 16.4 Å². The van der Waals surface area contributed by atoms with Gasteiger partial charge in [-0.3, -0.25) is 4.79 Å². The Morgan fingerprint density at radius 1 is 1.21 bits per heavy atom. The third-order valence-corrected chi connectivity index (χ3v) is 6.16. The van der Waals surface area contributed by atoms with Crippen molar-refractivity contribution in [1.82, 2.24) is 14.3 Å². The van der Waals surface area contributed by atoms with Crippen LogP contribution >= 0.6 is 0 Å². The fourth-order valence-corrected chi connectivity index (χ4v) is 4.42. The lowest BCUT2D eigenvalue weighted by atomic mass is 9.97. The first-order valence-electron chi connectivity index (χ1n) is 7.80. The van der Waals surface area contributed by atoms with Gasteiger partial charge in [-0.1, -0.05) is 0 Å². The Balaban J connectivity index is 1.74. The van der Waals surface area contributed by atoms with Crippen molar-refractivity contribution in [2.45, 2.75) is 30.6 Å². The van der Waals surface area contributed by atoms with Crippen LogP contribution in [0.15, 0.2) is 40.0 Å². The topological polar surface area (TPSA) is 109 Å². The zero-order valence-corrected chi connectivity index (χ0v) is 14.2. The molecule has 0 saturated carbocycles. The summed E-state index contributed by atoms with van der Waals surface area (Å²) in [6, 6.07) is 7.67. The van der Waals surface area contributed by atoms with Crippen molar-refractivity contribution in [3.63, 3.8) is 0 Å². The Hall–Kier alpha value is -2.19. The van der Waals surface area contributed by atoms with Crippen molar-refractivity contribution in [1.29, 1.82) is 0 Å². The summed E-state index contributed by atoms with van der Waals surface area (Å²) in [6.45, 7) is 2.57. The molecule has 1 aromatic carbocycles. The van der Waals surface area contributed by atoms with Gasteiger partial charge >= 0.3 is 0 Å². The molecule has 0 radical (unpaired) electrons. The highest BCUT2D eigenvalue weighted by Gasteiger charge is 2.30. The fraction of sp³-hybridized carbons (Fsp3) is 0.375. The third-order valence-electron chi connectivity index (χ3n) is 4.25. The number of hydrogen-bond donors (Lipinski definition) is 2. The molecule has 0 unspecified atom stereocenters. The molecule has 1 fully saturated rings. The molecule has 3 N–H and O–H groups in total. The molecule has 1 aliphatic rings. The standard InChI is InChI=1S/C16H20N4O3S/c1-11-10-15(21)19-16(18-11)12-6-8-20(9-7-12)24(22,23)14-4-2-13(17)3-5-14/h2-5,10,12H,6-9,17H2,1H3,(H,18,19,21). The maximum atomic E-state index is 12.7. The molecule has 1 saturated heterocycles. The van der Waals surface area contributed by atoms with Crippen LogP contribution in [0.5, 0.6) is 0 Å². The molecule has 24 heavy (non-hydrogen) atoms. The van der Waals surface area contributed by atoms with Gasteiger partial charge in [0, 0.05) is 36.5 Å². The molecule has 0 spiro atoms. The lowest BCUT2D eigenvalue weighted by molar-refractivity contribution is 0.313. The summed E-state index contributed by atoms with van der Waals surface area (Å²) < 4.78 is 26.8. The number of sulfonamides is 1. The molecular formula is C16H20N4O3S. The number of benzene rings is 1. The number of anilines is 1. The van der Waals surface area contributed by atoms with Crippen molar-refractivity contribution < 1.29 is 8.42 Å². The summed E-state index contributed by atoms with van der Waals surface area (Å²) in [5.74, 6) is 0.708. The molecule has 0 bridgehead atoms. The molecule has 1 aromatic heterocycles. The van der Waals surface area contributed by atoms with E-state index in [1.165, 1.54) is 22.5 Å². The van der Waals surface area contributed by atoms with E-state index in [1.54, 1.807) is 19.1 Å². The first-order valence-corrected chi connectivity index (χ1v) is 9.24. The summed E-state index contributed by atoms with van der Waals surface area (Å²) in [5.41, 5.74) is 6.64. The number of rotatable bonds is 3. The van der Waals surface area contributed by atoms with E-state index in [1.807, 2.05) is 0 Å². The number of nitrogens with two attached hydrogens (primary N) is 1. The Labute approximate surface area is 140 Å². The summed E-state index contributed by atoms with van der Waals surface area (Å²) >= 11 is 0. The van der Waals surface area contributed by atoms with E-state index in [4.69, 9.17) is 5.73 Å². The average Bonchev–Trinajstić information content (AvgIpc) is 2.54. The average molecular weight is 348 g/mol. The van der Waals surface area contributed by atoms with Gasteiger partial charge in [0.05, 0.1) is 4.90 Å². The molecule has 8 heteroatoms. The van der Waals surface area contributed by atoms with E-state index in [0.717, 1.165) is 0 Å². The van der Waals surface area contributed by atoms with E-state index in [0.29, 0.717) is 43.1 Å². The van der Waals surface area contributed by atoms with Crippen LogP contribution in [0.3, 0.4) is 0 Å². The lowest BCUT2D eigenvalue weighted by Gasteiger charge is -2.30. The SMILES string of the molecule is Cc1cc(=O)[nH]c(C2CCN(S(=O)(=O)c3ccc(N)cc3)CC2)n1. The minimum Gasteiger partial charge on any atom is -0.399 e. The van der Waals surface area contributed by atoms with Gasteiger partial charge in [-0.05, 0) is 44.0 Å². The fourth-order valence-electron chi connectivity index (χ4n) is 2.95. The number of hydrogen-bond acceptors (Lipinski definition) is 5. The van der Waals surface area contributed by atoms with Gasteiger partial charge in [-0.15, -0.1) is 0 Å². The van der Waals surface area contributed by atoms with Crippen LogP contribution < -0.4 is 11.3 Å². The number of aryl methyl sites for hydroxylation is 1. The van der Waals surface area contributed by atoms with Crippen LogP contribution in [0.1, 0.15) is 30.3 Å². The zero-order chi connectivity index (χ0) is 17.3. The number of nitrogen functional groups attached to an aromatic ring is 1. The van der Waals surface area contributed by atoms with Gasteiger partial charge in [0.15, 0.2) is 0 Å². The largest absolute Gasteiger partial charge is 0.399 e. The maximum absolute atomic E-state index is 12.7. The molecule has 2 heterocycles. The van der Waals surface area contributed by atoms with Crippen molar-refractivity contribution in [2.75, 3.05) is 18.8 Å². The quantitative estimate of drug-likeness (QED) is 0.811. The predicted octanol–water partition coefficient (Wildman–Crippen LogP) is 1.23. The highest BCUT2D eigenvalue weighted by Crippen LogP contribution is 2.28. The van der Waals surface area contributed by atoms with Crippen LogP contribution in [-0.4, -0.2) is 35.8 Å². The van der Waals surface area contributed by atoms with Gasteiger partial charge in [-0.2, -0.15) is 4.31 Å². The maximum Gasteiger partial charge on any atom is 0.251 e. The molecule has 0 aliphatic carbocycles. The smallest absolute Gasteiger partial charge is 0.251 e. The highest BCUT2D eigenvalue weighted by atomic mass is 32.2. The van der Waals surface area contributed by atoms with E-state index >= 15 is 0 Å². The summed E-state index contributed by atoms with van der Waals surface area (Å²) in [5, 5.41) is 0. The molecule has 0 atom stereocenters. The second-order valence-electron chi connectivity index (χ2n) is 6.02. The predicted molar refractivity (Wildman–Crippen MR) is 91.2 cm³/mol. The van der Waals surface area contributed by atoms with Crippen LogP contribution in [0.25, 0.3) is 0 Å². The van der Waals surface area contributed by atoms with Crippen molar-refractivity contribution in [3.05, 3.63) is 52.2 Å². The zero-order valence-electron chi connectivity index (χ0n) is 13.4. The molecule has 2 aromatic rings. The van der Waals surface area contributed by atoms with Crippen LogP contribution in [-0.2, 0) is 10.0 Å². The second kappa shape index (κ2) is 6.37. The summed E-state index contributed by atoms with van der Waals surface area (Å²) in [6.07, 6.45) is 1.25. The number of nitrogens with one attached hydrogen (secondary N) is 1. The summed E-state index contributed by atoms with van der Waals surface area (Å²) in [4.78, 5) is 19.0. The highest BCUT2D eigenvalue weighted by molar-refractivity contribution is 7.89. The normalized spacial score (nSPS) is 17.0. The van der Waals surface area contributed by atoms with E-state index < -0.39 is 10.0 Å². The first kappa shape index (κ1) is 16.7. The van der Waals surface area contributed by atoms with E-state index in [9.17, 15) is 13.2 Å². The van der Waals surface area contributed by atoms with Gasteiger partial charge in [0.1, 0.15) is 5.82 Å². The lowest BCUT2D eigenvalue weighted by Crippen LogP contribution is -2.38. The molecule has 128 valence electrons. The van der Waals surface area contributed by atoms with Gasteiger partial charge in [0.25, 0.3) is 5.56 Å². The Kier molecular flexibility index (Phi) is 4.42. The van der Waals surface area contributed by atoms with Crippen LogP contribution in [0.2, 0.25) is 0 Å². The van der Waals surface area contributed by atoms with Gasteiger partial charge in [0.2, 0.25) is 10.0 Å². The number of piperidine rings is 1.